The Morgan fingerprint density at radius 2 is 1.83 bits per heavy atom. The summed E-state index contributed by atoms with van der Waals surface area (Å²) >= 11 is 5.28. The maximum atomic E-state index is 13.3. The number of Topliss-reactive ketones (excluding diaryl/α,β-unsaturated/α-hetero) is 1. The summed E-state index contributed by atoms with van der Waals surface area (Å²) in [6.45, 7) is 1.57. The molecule has 98 valence electrons. The van der Waals surface area contributed by atoms with Crippen molar-refractivity contribution in [1.29, 1.82) is 0 Å². The molecule has 0 N–H and O–H groups in total. The first kappa shape index (κ1) is 14.5. The van der Waals surface area contributed by atoms with Crippen molar-refractivity contribution in [2.45, 2.75) is 13.3 Å². The molecule has 0 aromatic heterocycles. The van der Waals surface area contributed by atoms with Gasteiger partial charge < -0.3 is 4.74 Å². The molecule has 0 unspecified atom stereocenters. The minimum Gasteiger partial charge on any atom is -0.466 e. The normalized spacial score (nSPS) is 10.3. The van der Waals surface area contributed by atoms with E-state index in [1.165, 1.54) is 6.92 Å². The van der Waals surface area contributed by atoms with E-state index in [4.69, 9.17) is 11.6 Å². The summed E-state index contributed by atoms with van der Waals surface area (Å²) < 4.78 is 43.6. The van der Waals surface area contributed by atoms with Gasteiger partial charge in [-0.1, -0.05) is 11.6 Å². The molecule has 1 aromatic carbocycles. The lowest BCUT2D eigenvalue weighted by atomic mass is 10.1. The molecule has 0 aliphatic rings. The third-order valence-corrected chi connectivity index (χ3v) is 2.29. The molecule has 0 saturated carbocycles. The van der Waals surface area contributed by atoms with E-state index >= 15 is 0 Å². The Labute approximate surface area is 105 Å². The van der Waals surface area contributed by atoms with E-state index in [0.717, 1.165) is 0 Å². The highest BCUT2D eigenvalue weighted by Gasteiger charge is 2.23. The molecule has 3 nitrogen and oxygen atoms in total. The summed E-state index contributed by atoms with van der Waals surface area (Å²) in [6.07, 6.45) is -0.772. The van der Waals surface area contributed by atoms with Crippen molar-refractivity contribution in [3.05, 3.63) is 34.1 Å². The van der Waals surface area contributed by atoms with Crippen molar-refractivity contribution in [2.75, 3.05) is 6.61 Å². The van der Waals surface area contributed by atoms with Gasteiger partial charge in [-0.05, 0) is 13.0 Å². The van der Waals surface area contributed by atoms with Crippen molar-refractivity contribution < 1.29 is 27.5 Å². The van der Waals surface area contributed by atoms with Crippen LogP contribution < -0.4 is 0 Å². The van der Waals surface area contributed by atoms with E-state index in [1.807, 2.05) is 0 Å². The molecule has 0 aliphatic carbocycles. The molecule has 0 heterocycles. The van der Waals surface area contributed by atoms with Crippen LogP contribution in [-0.2, 0) is 9.53 Å². The zero-order valence-electron chi connectivity index (χ0n) is 9.23. The number of benzene rings is 1. The second kappa shape index (κ2) is 5.86. The predicted molar refractivity (Wildman–Crippen MR) is 56.9 cm³/mol. The number of hydrogen-bond donors (Lipinski definition) is 0. The van der Waals surface area contributed by atoms with Gasteiger partial charge in [-0.2, -0.15) is 0 Å². The van der Waals surface area contributed by atoms with Crippen molar-refractivity contribution in [2.24, 2.45) is 0 Å². The Kier molecular flexibility index (Phi) is 4.72. The second-order valence-corrected chi connectivity index (χ2v) is 3.66. The Balaban J connectivity index is 3.04. The molecular weight excluding hydrogens is 273 g/mol. The topological polar surface area (TPSA) is 43.4 Å². The fraction of sp³-hybridized carbons (Fsp3) is 0.273. The SMILES string of the molecule is CCOC(=O)CC(=O)c1cc(Cl)c(F)c(F)c1F. The monoisotopic (exact) mass is 280 g/mol. The van der Waals surface area contributed by atoms with Gasteiger partial charge in [0.05, 0.1) is 17.2 Å². The van der Waals surface area contributed by atoms with Gasteiger partial charge in [-0.25, -0.2) is 13.2 Å². The molecule has 0 amide bonds. The van der Waals surface area contributed by atoms with Crippen molar-refractivity contribution >= 4 is 23.4 Å². The quantitative estimate of drug-likeness (QED) is 0.280. The molecule has 18 heavy (non-hydrogen) atoms. The lowest BCUT2D eigenvalue weighted by Crippen LogP contribution is -2.14. The van der Waals surface area contributed by atoms with E-state index in [9.17, 15) is 22.8 Å². The summed E-state index contributed by atoms with van der Waals surface area (Å²) in [5.41, 5.74) is -0.785. The van der Waals surface area contributed by atoms with Gasteiger partial charge in [0.25, 0.3) is 0 Å². The highest BCUT2D eigenvalue weighted by atomic mass is 35.5. The number of esters is 1. The average Bonchev–Trinajstić information content (AvgIpc) is 2.31. The van der Waals surface area contributed by atoms with Crippen molar-refractivity contribution in [3.8, 4) is 0 Å². The second-order valence-electron chi connectivity index (χ2n) is 3.25. The van der Waals surface area contributed by atoms with Crippen LogP contribution in [0.15, 0.2) is 6.07 Å². The van der Waals surface area contributed by atoms with E-state index in [-0.39, 0.29) is 6.61 Å². The average molecular weight is 281 g/mol. The van der Waals surface area contributed by atoms with Crippen LogP contribution >= 0.6 is 11.6 Å². The van der Waals surface area contributed by atoms with Gasteiger partial charge in [0.15, 0.2) is 23.2 Å². The minimum atomic E-state index is -1.85. The van der Waals surface area contributed by atoms with Gasteiger partial charge in [0.1, 0.15) is 6.42 Å². The minimum absolute atomic E-state index is 0.0487. The van der Waals surface area contributed by atoms with Gasteiger partial charge in [0, 0.05) is 0 Å². The van der Waals surface area contributed by atoms with Crippen LogP contribution in [0.25, 0.3) is 0 Å². The van der Waals surface area contributed by atoms with E-state index in [2.05, 4.69) is 4.74 Å². The van der Waals surface area contributed by atoms with Crippen LogP contribution in [0.3, 0.4) is 0 Å². The number of ether oxygens (including phenoxy) is 1. The van der Waals surface area contributed by atoms with Crippen molar-refractivity contribution in [3.63, 3.8) is 0 Å². The first-order chi connectivity index (χ1) is 8.38. The van der Waals surface area contributed by atoms with E-state index in [1.54, 1.807) is 0 Å². The smallest absolute Gasteiger partial charge is 0.313 e. The number of hydrogen-bond acceptors (Lipinski definition) is 3. The molecule has 0 spiro atoms. The lowest BCUT2D eigenvalue weighted by Gasteiger charge is -2.05. The van der Waals surface area contributed by atoms with Crippen LogP contribution in [0.5, 0.6) is 0 Å². The van der Waals surface area contributed by atoms with E-state index < -0.39 is 46.2 Å². The number of carbonyl (C=O) groups is 2. The standard InChI is InChI=1S/C11H8ClF3O3/c1-2-18-8(17)4-7(16)5-3-6(12)10(14)11(15)9(5)13/h3H,2,4H2,1H3. The Morgan fingerprint density at radius 3 is 2.39 bits per heavy atom. The molecular formula is C11H8ClF3O3. The maximum absolute atomic E-state index is 13.3. The predicted octanol–water partition coefficient (Wildman–Crippen LogP) is 2.89. The van der Waals surface area contributed by atoms with Gasteiger partial charge in [-0.15, -0.1) is 0 Å². The molecule has 0 fully saturated rings. The Morgan fingerprint density at radius 1 is 1.22 bits per heavy atom. The third-order valence-electron chi connectivity index (χ3n) is 2.01. The highest BCUT2D eigenvalue weighted by Crippen LogP contribution is 2.24. The number of rotatable bonds is 4. The van der Waals surface area contributed by atoms with Gasteiger partial charge in [-0.3, -0.25) is 9.59 Å². The molecule has 1 rings (SSSR count). The van der Waals surface area contributed by atoms with Crippen molar-refractivity contribution in [1.82, 2.24) is 0 Å². The fourth-order valence-corrected chi connectivity index (χ4v) is 1.41. The van der Waals surface area contributed by atoms with Crippen LogP contribution in [0.2, 0.25) is 5.02 Å². The van der Waals surface area contributed by atoms with Gasteiger partial charge in [0.2, 0.25) is 0 Å². The zero-order valence-corrected chi connectivity index (χ0v) is 9.98. The largest absolute Gasteiger partial charge is 0.466 e. The maximum Gasteiger partial charge on any atom is 0.313 e. The zero-order chi connectivity index (χ0) is 13.9. The Bertz CT molecular complexity index is 503. The fourth-order valence-electron chi connectivity index (χ4n) is 1.21. The van der Waals surface area contributed by atoms with Crippen LogP contribution in [0, 0.1) is 17.5 Å². The molecule has 0 atom stereocenters. The Hall–Kier alpha value is -1.56. The molecule has 1 aromatic rings. The highest BCUT2D eigenvalue weighted by molar-refractivity contribution is 6.31. The number of halogens is 4. The van der Waals surface area contributed by atoms with Gasteiger partial charge >= 0.3 is 5.97 Å². The summed E-state index contributed by atoms with van der Waals surface area (Å²) in [7, 11) is 0. The molecule has 7 heteroatoms. The number of carbonyl (C=O) groups excluding carboxylic acids is 2. The summed E-state index contributed by atoms with van der Waals surface area (Å²) in [5, 5.41) is -0.735. The lowest BCUT2D eigenvalue weighted by molar-refractivity contribution is -0.141. The summed E-state index contributed by atoms with van der Waals surface area (Å²) in [5.74, 6) is -7.03. The van der Waals surface area contributed by atoms with Crippen LogP contribution in [0.1, 0.15) is 23.7 Å². The first-order valence-electron chi connectivity index (χ1n) is 4.90. The van der Waals surface area contributed by atoms with Crippen LogP contribution in [-0.4, -0.2) is 18.4 Å². The molecule has 0 bridgehead atoms. The molecule has 0 saturated heterocycles. The van der Waals surface area contributed by atoms with Crippen LogP contribution in [0.4, 0.5) is 13.2 Å². The first-order valence-corrected chi connectivity index (χ1v) is 5.28. The summed E-state index contributed by atoms with van der Waals surface area (Å²) in [6, 6.07) is 0.636. The summed E-state index contributed by atoms with van der Waals surface area (Å²) in [4.78, 5) is 22.5. The molecule has 0 radical (unpaired) electrons. The number of ketones is 1. The van der Waals surface area contributed by atoms with E-state index in [0.29, 0.717) is 6.07 Å². The third kappa shape index (κ3) is 3.01. The molecule has 0 aliphatic heterocycles.